The highest BCUT2D eigenvalue weighted by atomic mass is 16.5. The second-order valence-corrected chi connectivity index (χ2v) is 5.00. The fraction of sp³-hybridized carbons (Fsp3) is 0.500. The fourth-order valence-corrected chi connectivity index (χ4v) is 2.19. The molecule has 1 aromatic carbocycles. The molecule has 1 atom stereocenters. The first-order valence-electron chi connectivity index (χ1n) is 6.15. The molecule has 0 aliphatic carbocycles. The van der Waals surface area contributed by atoms with Gasteiger partial charge in [0.25, 0.3) is 0 Å². The second kappa shape index (κ2) is 5.08. The summed E-state index contributed by atoms with van der Waals surface area (Å²) < 4.78 is 6.88. The van der Waals surface area contributed by atoms with Crippen molar-refractivity contribution in [3.63, 3.8) is 0 Å². The molecule has 0 amide bonds. The van der Waals surface area contributed by atoms with Gasteiger partial charge in [0.1, 0.15) is 0 Å². The zero-order valence-corrected chi connectivity index (χ0v) is 11.2. The zero-order chi connectivity index (χ0) is 13.2. The molecule has 0 aliphatic heterocycles. The molecule has 0 aliphatic rings. The van der Waals surface area contributed by atoms with Crippen LogP contribution in [0.2, 0.25) is 0 Å². The van der Waals surface area contributed by atoms with Crippen LogP contribution >= 0.6 is 0 Å². The van der Waals surface area contributed by atoms with Crippen molar-refractivity contribution in [2.24, 2.45) is 7.05 Å². The SMILES string of the molecule is COCCC(C)(O)Cc1nn(C)c2ccccc12. The number of hydrogen-bond donors (Lipinski definition) is 1. The van der Waals surface area contributed by atoms with Crippen LogP contribution in [0.4, 0.5) is 0 Å². The molecule has 1 heterocycles. The summed E-state index contributed by atoms with van der Waals surface area (Å²) in [5, 5.41) is 15.9. The molecule has 0 fully saturated rings. The molecule has 1 unspecified atom stereocenters. The van der Waals surface area contributed by atoms with Crippen LogP contribution in [-0.4, -0.2) is 34.2 Å². The van der Waals surface area contributed by atoms with E-state index in [0.717, 1.165) is 16.6 Å². The average Bonchev–Trinajstić information content (AvgIpc) is 2.64. The van der Waals surface area contributed by atoms with Gasteiger partial charge in [-0.15, -0.1) is 0 Å². The molecule has 1 aromatic heterocycles. The lowest BCUT2D eigenvalue weighted by atomic mass is 9.95. The Balaban J connectivity index is 2.26. The standard InChI is InChI=1S/C14H20N2O2/c1-14(17,8-9-18-3)10-12-11-6-4-5-7-13(11)16(2)15-12/h4-7,17H,8-10H2,1-3H3. The number of methoxy groups -OCH3 is 1. The summed E-state index contributed by atoms with van der Waals surface area (Å²) >= 11 is 0. The number of aliphatic hydroxyl groups is 1. The van der Waals surface area contributed by atoms with Gasteiger partial charge in [0.2, 0.25) is 0 Å². The quantitative estimate of drug-likeness (QED) is 0.879. The Bertz CT molecular complexity index is 532. The summed E-state index contributed by atoms with van der Waals surface area (Å²) in [7, 11) is 3.57. The van der Waals surface area contributed by atoms with Crippen LogP contribution in [0.25, 0.3) is 10.9 Å². The fourth-order valence-electron chi connectivity index (χ4n) is 2.19. The number of fused-ring (bicyclic) bond motifs is 1. The molecular weight excluding hydrogens is 228 g/mol. The van der Waals surface area contributed by atoms with E-state index in [4.69, 9.17) is 4.74 Å². The Labute approximate surface area is 107 Å². The summed E-state index contributed by atoms with van der Waals surface area (Å²) in [5.41, 5.74) is 1.25. The molecule has 4 nitrogen and oxygen atoms in total. The van der Waals surface area contributed by atoms with E-state index in [0.29, 0.717) is 19.4 Å². The first-order valence-corrected chi connectivity index (χ1v) is 6.15. The first kappa shape index (κ1) is 13.1. The minimum atomic E-state index is -0.785. The molecule has 0 radical (unpaired) electrons. The maximum absolute atomic E-state index is 10.3. The van der Waals surface area contributed by atoms with Crippen molar-refractivity contribution in [2.75, 3.05) is 13.7 Å². The number of aryl methyl sites for hydroxylation is 1. The zero-order valence-electron chi connectivity index (χ0n) is 11.2. The van der Waals surface area contributed by atoms with Crippen LogP contribution < -0.4 is 0 Å². The molecule has 2 aromatic rings. The first-order chi connectivity index (χ1) is 8.53. The lowest BCUT2D eigenvalue weighted by molar-refractivity contribution is 0.0243. The van der Waals surface area contributed by atoms with Crippen molar-refractivity contribution >= 4 is 10.9 Å². The molecular formula is C14H20N2O2. The minimum Gasteiger partial charge on any atom is -0.390 e. The van der Waals surface area contributed by atoms with Crippen LogP contribution in [0.1, 0.15) is 19.0 Å². The van der Waals surface area contributed by atoms with Gasteiger partial charge in [0, 0.05) is 32.6 Å². The van der Waals surface area contributed by atoms with E-state index in [-0.39, 0.29) is 0 Å². The molecule has 0 bridgehead atoms. The molecule has 2 rings (SSSR count). The van der Waals surface area contributed by atoms with E-state index in [2.05, 4.69) is 5.10 Å². The van der Waals surface area contributed by atoms with E-state index in [1.807, 2.05) is 42.9 Å². The Kier molecular flexibility index (Phi) is 3.68. The molecule has 1 N–H and O–H groups in total. The Morgan fingerprint density at radius 1 is 1.39 bits per heavy atom. The predicted octanol–water partition coefficient (Wildman–Crippen LogP) is 1.90. The normalized spacial score (nSPS) is 14.9. The van der Waals surface area contributed by atoms with Gasteiger partial charge < -0.3 is 9.84 Å². The monoisotopic (exact) mass is 248 g/mol. The molecule has 0 saturated heterocycles. The third-order valence-corrected chi connectivity index (χ3v) is 3.23. The number of nitrogens with zero attached hydrogens (tertiary/aromatic N) is 2. The highest BCUT2D eigenvalue weighted by Gasteiger charge is 2.23. The third-order valence-electron chi connectivity index (χ3n) is 3.23. The average molecular weight is 248 g/mol. The van der Waals surface area contributed by atoms with Crippen LogP contribution in [0, 0.1) is 0 Å². The number of benzene rings is 1. The maximum atomic E-state index is 10.3. The van der Waals surface area contributed by atoms with Crippen molar-refractivity contribution < 1.29 is 9.84 Å². The van der Waals surface area contributed by atoms with Crippen molar-refractivity contribution in [1.82, 2.24) is 9.78 Å². The summed E-state index contributed by atoms with van der Waals surface area (Å²) in [4.78, 5) is 0. The smallest absolute Gasteiger partial charge is 0.0731 e. The van der Waals surface area contributed by atoms with Crippen molar-refractivity contribution in [1.29, 1.82) is 0 Å². The Morgan fingerprint density at radius 2 is 2.11 bits per heavy atom. The molecule has 0 saturated carbocycles. The number of aromatic nitrogens is 2. The van der Waals surface area contributed by atoms with E-state index in [1.165, 1.54) is 0 Å². The molecule has 98 valence electrons. The van der Waals surface area contributed by atoms with Crippen LogP contribution in [-0.2, 0) is 18.2 Å². The topological polar surface area (TPSA) is 47.3 Å². The highest BCUT2D eigenvalue weighted by molar-refractivity contribution is 5.81. The summed E-state index contributed by atoms with van der Waals surface area (Å²) in [6, 6.07) is 8.08. The van der Waals surface area contributed by atoms with Gasteiger partial charge in [-0.05, 0) is 19.4 Å². The van der Waals surface area contributed by atoms with Gasteiger partial charge in [0.15, 0.2) is 0 Å². The number of para-hydroxylation sites is 1. The van der Waals surface area contributed by atoms with Crippen LogP contribution in [0.5, 0.6) is 0 Å². The predicted molar refractivity (Wildman–Crippen MR) is 71.5 cm³/mol. The lowest BCUT2D eigenvalue weighted by Gasteiger charge is -2.21. The summed E-state index contributed by atoms with van der Waals surface area (Å²) in [6.07, 6.45) is 1.14. The van der Waals surface area contributed by atoms with E-state index < -0.39 is 5.60 Å². The minimum absolute atomic E-state index is 0.539. The molecule has 4 heteroatoms. The lowest BCUT2D eigenvalue weighted by Crippen LogP contribution is -2.29. The molecule has 18 heavy (non-hydrogen) atoms. The van der Waals surface area contributed by atoms with Crippen molar-refractivity contribution in [3.05, 3.63) is 30.0 Å². The maximum Gasteiger partial charge on any atom is 0.0731 e. The highest BCUT2D eigenvalue weighted by Crippen LogP contribution is 2.23. The number of hydrogen-bond acceptors (Lipinski definition) is 3. The van der Waals surface area contributed by atoms with E-state index >= 15 is 0 Å². The van der Waals surface area contributed by atoms with Crippen LogP contribution in [0.3, 0.4) is 0 Å². The number of ether oxygens (including phenoxy) is 1. The Morgan fingerprint density at radius 3 is 2.83 bits per heavy atom. The van der Waals surface area contributed by atoms with E-state index in [1.54, 1.807) is 7.11 Å². The largest absolute Gasteiger partial charge is 0.390 e. The number of rotatable bonds is 5. The van der Waals surface area contributed by atoms with E-state index in [9.17, 15) is 5.11 Å². The van der Waals surface area contributed by atoms with Gasteiger partial charge in [0.05, 0.1) is 16.8 Å². The Hall–Kier alpha value is -1.39. The third kappa shape index (κ3) is 2.71. The second-order valence-electron chi connectivity index (χ2n) is 5.00. The van der Waals surface area contributed by atoms with Gasteiger partial charge in [-0.25, -0.2) is 0 Å². The summed E-state index contributed by atoms with van der Waals surface area (Å²) in [5.74, 6) is 0. The van der Waals surface area contributed by atoms with Gasteiger partial charge in [-0.1, -0.05) is 18.2 Å². The van der Waals surface area contributed by atoms with Crippen molar-refractivity contribution in [3.8, 4) is 0 Å². The summed E-state index contributed by atoms with van der Waals surface area (Å²) in [6.45, 7) is 2.38. The molecule has 0 spiro atoms. The van der Waals surface area contributed by atoms with Crippen LogP contribution in [0.15, 0.2) is 24.3 Å². The van der Waals surface area contributed by atoms with Gasteiger partial charge in [-0.2, -0.15) is 5.10 Å². The van der Waals surface area contributed by atoms with Gasteiger partial charge >= 0.3 is 0 Å². The van der Waals surface area contributed by atoms with Crippen molar-refractivity contribution in [2.45, 2.75) is 25.4 Å². The van der Waals surface area contributed by atoms with Gasteiger partial charge in [-0.3, -0.25) is 4.68 Å².